The Morgan fingerprint density at radius 2 is 0.748 bits per heavy atom. The number of benzene rings is 1. The highest BCUT2D eigenvalue weighted by molar-refractivity contribution is 6.00. The molecule has 2 rings (SSSR count). The molecule has 0 spiro atoms. The quantitative estimate of drug-likeness (QED) is 0.0213. The number of hydrogen-bond donors (Lipinski definition) is 27. The van der Waals surface area contributed by atoms with Crippen molar-refractivity contribution in [3.63, 3.8) is 0 Å². The summed E-state index contributed by atoms with van der Waals surface area (Å²) in [7, 11) is 0. The molecule has 1 aliphatic rings. The Morgan fingerprint density at radius 1 is 0.381 bits per heavy atom. The minimum atomic E-state index is -1.90. The van der Waals surface area contributed by atoms with E-state index < -0.39 is 297 Å². The molecule has 1 saturated heterocycles. The molecular weight excluding hydrogens is 1820 g/mol. The van der Waals surface area contributed by atoms with Crippen molar-refractivity contribution in [2.24, 2.45) is 113 Å². The summed E-state index contributed by atoms with van der Waals surface area (Å²) in [6.07, 6.45) is -0.887. The van der Waals surface area contributed by atoms with E-state index in [9.17, 15) is 127 Å². The first-order valence-corrected chi connectivity index (χ1v) is 45.4. The van der Waals surface area contributed by atoms with Crippen LogP contribution in [0.3, 0.4) is 0 Å². The van der Waals surface area contributed by atoms with Crippen LogP contribution in [-0.4, -0.2) is 400 Å². The van der Waals surface area contributed by atoms with Gasteiger partial charge in [0.2, 0.25) is 106 Å². The molecule has 0 saturated carbocycles. The number of aliphatic imine (C=N–C) groups is 19. The molecule has 1 aromatic rings. The lowest BCUT2D eigenvalue weighted by atomic mass is 9.97. The SMILES string of the molecule is CCC(C)C(N=C(O)CN=C(O)C(C)(C)N=C(O)C(N=C(O)C(C)(C)N=C(O)C(CCC(=N)O)N=C(O)C(C)(C)N=C(O)C(C)(C)N=C(O)C(C)N=C(O)C(CO)N=C(O)C(C)N=C(O)C(C)(C)N=C(C)O)C(C)CC)C(O)=NC(C)(C)C(=O)N1CCCC1C(O)=NC(C(O)=NC(C)(C)C(O)=NC(C)(C)C(O)=NC(CCC(=N)O)C(O)=NC(CCC(=N)O)C(O)=NC(CO)Cc1ccccc1)C(C)C. The molecule has 0 aliphatic carbocycles. The second kappa shape index (κ2) is 52.6. The number of nitrogens with zero attached hydrogens (tertiary/aromatic N) is 20. The zero-order valence-corrected chi connectivity index (χ0v) is 84.2. The predicted molar refractivity (Wildman–Crippen MR) is 545 cm³/mol. The van der Waals surface area contributed by atoms with E-state index in [2.05, 4.69) is 94.9 Å². The first kappa shape index (κ1) is 122. The summed E-state index contributed by atoms with van der Waals surface area (Å²) in [5.74, 6) is -19.2. The Labute approximate surface area is 809 Å². The number of aliphatic hydroxyl groups is 24. The molecule has 48 nitrogen and oxygen atoms in total. The van der Waals surface area contributed by atoms with Crippen LogP contribution in [0.2, 0.25) is 0 Å². The van der Waals surface area contributed by atoms with Crippen LogP contribution in [0.4, 0.5) is 0 Å². The fraction of sp³-hybridized carbons (Fsp3) is 0.681. The molecular formula is C91H151N23O25. The zero-order chi connectivity index (χ0) is 107. The Morgan fingerprint density at radius 3 is 1.19 bits per heavy atom. The van der Waals surface area contributed by atoms with Gasteiger partial charge in [0.15, 0.2) is 29.6 Å². The third-order valence-corrected chi connectivity index (χ3v) is 22.0. The normalized spacial score (nSPS) is 19.2. The highest BCUT2D eigenvalue weighted by atomic mass is 16.3. The van der Waals surface area contributed by atoms with E-state index in [1.807, 2.05) is 0 Å². The number of amides is 1. The fourth-order valence-corrected chi connectivity index (χ4v) is 12.9. The molecule has 1 fully saturated rings. The summed E-state index contributed by atoms with van der Waals surface area (Å²) in [5, 5.41) is 287. The lowest BCUT2D eigenvalue weighted by molar-refractivity contribution is -0.135. The van der Waals surface area contributed by atoms with Crippen LogP contribution >= 0.6 is 0 Å². The zero-order valence-electron chi connectivity index (χ0n) is 84.2. The summed E-state index contributed by atoms with van der Waals surface area (Å²) in [6.45, 7) is 33.3. The van der Waals surface area contributed by atoms with Crippen molar-refractivity contribution in [2.75, 3.05) is 26.3 Å². The Bertz CT molecular complexity index is 4970. The van der Waals surface area contributed by atoms with E-state index >= 15 is 0 Å². The summed E-state index contributed by atoms with van der Waals surface area (Å²) in [4.78, 5) is 95.3. The molecule has 780 valence electrons. The molecule has 1 aliphatic heterocycles. The monoisotopic (exact) mass is 1970 g/mol. The number of aliphatic hydroxyl groups excluding tert-OH is 24. The van der Waals surface area contributed by atoms with Crippen molar-refractivity contribution in [1.29, 1.82) is 16.2 Å². The van der Waals surface area contributed by atoms with Crippen LogP contribution in [0.15, 0.2) is 125 Å². The van der Waals surface area contributed by atoms with Crippen molar-refractivity contribution in [2.45, 2.75) is 354 Å². The average Bonchev–Trinajstić information content (AvgIpc) is 1.71. The topological polar surface area (TPSA) is 812 Å². The number of carbonyl (C=O) groups excluding carboxylic acids is 1. The van der Waals surface area contributed by atoms with E-state index in [1.54, 1.807) is 71.9 Å². The van der Waals surface area contributed by atoms with Gasteiger partial charge < -0.3 is 127 Å². The predicted octanol–water partition coefficient (Wildman–Crippen LogP) is 13.0. The van der Waals surface area contributed by atoms with Crippen LogP contribution in [0.25, 0.3) is 0 Å². The van der Waals surface area contributed by atoms with Crippen molar-refractivity contribution in [3.8, 4) is 0 Å². The lowest BCUT2D eigenvalue weighted by Crippen LogP contribution is -2.50. The molecule has 1 heterocycles. The Balaban J connectivity index is 2.56. The number of nitrogens with one attached hydrogen (secondary N) is 3. The average molecular weight is 1970 g/mol. The number of rotatable bonds is 56. The van der Waals surface area contributed by atoms with E-state index in [4.69, 9.17) is 16.2 Å². The second-order valence-electron chi connectivity index (χ2n) is 38.4. The van der Waals surface area contributed by atoms with Gasteiger partial charge in [0, 0.05) is 32.7 Å². The highest BCUT2D eigenvalue weighted by Gasteiger charge is 2.44. The minimum Gasteiger partial charge on any atom is -0.497 e. The third-order valence-electron chi connectivity index (χ3n) is 22.0. The van der Waals surface area contributed by atoms with E-state index in [0.717, 1.165) is 5.56 Å². The van der Waals surface area contributed by atoms with Crippen LogP contribution < -0.4 is 0 Å². The van der Waals surface area contributed by atoms with Crippen LogP contribution in [-0.2, 0) is 11.2 Å². The molecule has 139 heavy (non-hydrogen) atoms. The van der Waals surface area contributed by atoms with Crippen molar-refractivity contribution >= 4 is 136 Å². The van der Waals surface area contributed by atoms with Crippen LogP contribution in [0.1, 0.15) is 243 Å². The van der Waals surface area contributed by atoms with Crippen LogP contribution in [0.5, 0.6) is 0 Å². The summed E-state index contributed by atoms with van der Waals surface area (Å²) in [5.41, 5.74) is -13.6. The Hall–Kier alpha value is -13.1. The standard InChI is InChI=1S/C91H151N23O25/c1-26-47(5)64(74(130)111-91(24,25)83(139)114-41-31-34-58(114)72(128)104-63(46(3)4)73(129)109-90(22,23)82(138)113-87(16,17)78(134)101-55(36-39-60(93)119)69(125)99-54(35-38-59(92)118)68(124)98-53(44-115)42-52-32-29-28-30-33-52)103-62(121)43-95-76(132)84(10,11)110-75(131)65(48(6)27-2)105-80(136)86(14,15)108-71(127)56(37-40-61(94)120)102-79(135)88(18,19)112-81(137)89(20,21)107-67(123)50(8)96-70(126)57(45-116)100-66(122)49(7)97-77(133)85(12,13)106-51(9)117/h28-30,32-33,46-50,53-58,63-65,115-116H,26-27,31,34-45H2,1-25H3,(H2,92,118)(H2,93,119)(H2,94,120)(H,95,132)(H,96,126)(H,97,133)(H,98,124)(H,99,125)(H,100,122)(H,101,134)(H,102,135)(H,103,121)(H,104,128)(H,105,136)(H,106,117)(H,107,123)(H,108,127)(H,109,129)(H,110,131)(H,111,130)(H,112,137)(H,113,138). The van der Waals surface area contributed by atoms with Gasteiger partial charge in [-0.15, -0.1) is 0 Å². The van der Waals surface area contributed by atoms with Crippen LogP contribution in [0, 0.1) is 34.0 Å². The number of likely N-dealkylation sites (tertiary alicyclic amines) is 1. The first-order chi connectivity index (χ1) is 63.8. The molecule has 0 radical (unpaired) electrons. The van der Waals surface area contributed by atoms with Gasteiger partial charge in [-0.3, -0.25) is 21.0 Å². The molecule has 1 amide bonds. The smallest absolute Gasteiger partial charge is 0.250 e. The van der Waals surface area contributed by atoms with Gasteiger partial charge in [-0.1, -0.05) is 84.7 Å². The number of carbonyl (C=O) groups is 1. The lowest BCUT2D eigenvalue weighted by Gasteiger charge is -2.31. The highest BCUT2D eigenvalue weighted by Crippen LogP contribution is 2.30. The van der Waals surface area contributed by atoms with Gasteiger partial charge in [0.05, 0.1) is 19.3 Å². The maximum absolute atomic E-state index is 14.7. The Kier molecular flexibility index (Phi) is 46.2. The van der Waals surface area contributed by atoms with Crippen molar-refractivity contribution < 1.29 is 127 Å². The van der Waals surface area contributed by atoms with Gasteiger partial charge in [-0.05, 0) is 186 Å². The summed E-state index contributed by atoms with van der Waals surface area (Å²) < 4.78 is 0. The molecule has 27 N–H and O–H groups in total. The van der Waals surface area contributed by atoms with Crippen molar-refractivity contribution in [3.05, 3.63) is 35.9 Å². The van der Waals surface area contributed by atoms with E-state index in [1.165, 1.54) is 136 Å². The molecule has 1 aromatic carbocycles. The van der Waals surface area contributed by atoms with Gasteiger partial charge in [0.25, 0.3) is 5.91 Å². The largest absolute Gasteiger partial charge is 0.497 e. The van der Waals surface area contributed by atoms with E-state index in [-0.39, 0.29) is 44.5 Å². The first-order valence-electron chi connectivity index (χ1n) is 45.4. The third kappa shape index (κ3) is 38.7. The molecule has 0 aromatic heterocycles. The molecule has 48 heteroatoms. The van der Waals surface area contributed by atoms with Gasteiger partial charge in [-0.25, -0.2) is 94.9 Å². The van der Waals surface area contributed by atoms with Gasteiger partial charge in [-0.2, -0.15) is 0 Å². The maximum atomic E-state index is 14.7. The number of hydrogen-bond acceptors (Lipinski definition) is 25. The van der Waals surface area contributed by atoms with Gasteiger partial charge in [0.1, 0.15) is 105 Å². The minimum absolute atomic E-state index is 0.0721. The summed E-state index contributed by atoms with van der Waals surface area (Å²) in [6, 6.07) is -5.99. The van der Waals surface area contributed by atoms with Crippen molar-refractivity contribution in [1.82, 2.24) is 4.90 Å². The molecule has 0 bridgehead atoms. The van der Waals surface area contributed by atoms with Gasteiger partial charge >= 0.3 is 0 Å². The second-order valence-corrected chi connectivity index (χ2v) is 38.4. The maximum Gasteiger partial charge on any atom is 0.250 e. The van der Waals surface area contributed by atoms with E-state index in [0.29, 0.717) is 19.3 Å². The molecule has 13 unspecified atom stereocenters. The molecule has 13 atom stereocenters. The summed E-state index contributed by atoms with van der Waals surface area (Å²) >= 11 is 0. The fourth-order valence-electron chi connectivity index (χ4n) is 12.9.